The molecule has 2 aromatic heterocycles. The fourth-order valence-electron chi connectivity index (χ4n) is 4.18. The largest absolute Gasteiger partial charge is 1.00 e. The Morgan fingerprint density at radius 2 is 1.31 bits per heavy atom. The SMILES string of the molecule is Nc1ccn([C@H]2C[C@@H](O)[C@@H](COP(=O)([O-])OP(=O)([O-])OP(=O)([O-])OP(=O)([O-])OC[C@H]3O[C@@H](n4ccc(=O)[nH]c4=O)[C@H](O)[C@@H]3O)O2)c(=O)n1.[Li+].[Li+].[Li+].[Na+]. The molecule has 0 radical (unpaired) electrons. The van der Waals surface area contributed by atoms with Gasteiger partial charge in [-0.1, -0.05) is 0 Å². The maximum Gasteiger partial charge on any atom is 1.00 e. The number of hydrogen-bond donors (Lipinski definition) is 5. The minimum Gasteiger partial charge on any atom is -0.756 e. The Bertz CT molecular complexity index is 1890. The number of H-pyrrole nitrogens is 1. The zero-order chi connectivity index (χ0) is 35.8. The molecule has 0 saturated carbocycles. The van der Waals surface area contributed by atoms with Crippen molar-refractivity contribution in [2.75, 3.05) is 18.9 Å². The van der Waals surface area contributed by atoms with Gasteiger partial charge in [0, 0.05) is 24.9 Å². The number of aliphatic hydroxyl groups is 3. The van der Waals surface area contributed by atoms with E-state index in [0.717, 1.165) is 16.8 Å². The maximum atomic E-state index is 12.0. The number of nitrogen functional groups attached to an aromatic ring is 1. The molecule has 11 atom stereocenters. The van der Waals surface area contributed by atoms with E-state index >= 15 is 0 Å². The van der Waals surface area contributed by atoms with Crippen molar-refractivity contribution in [1.29, 1.82) is 0 Å². The third-order valence-electron chi connectivity index (χ3n) is 6.22. The van der Waals surface area contributed by atoms with Gasteiger partial charge in [0.05, 0.1) is 19.3 Å². The van der Waals surface area contributed by atoms with Crippen LogP contribution >= 0.6 is 31.3 Å². The Morgan fingerprint density at radius 1 is 0.808 bits per heavy atom. The molecule has 2 saturated heterocycles. The van der Waals surface area contributed by atoms with Crippen LogP contribution in [0.25, 0.3) is 0 Å². The number of nitrogens with one attached hydrogen (secondary N) is 1. The van der Waals surface area contributed by atoms with E-state index in [-0.39, 0.29) is 98.4 Å². The summed E-state index contributed by atoms with van der Waals surface area (Å²) in [4.78, 5) is 88.4. The Labute approximate surface area is 348 Å². The topological polar surface area (TPSA) is 402 Å². The molecule has 2 fully saturated rings. The number of phosphoric acid groups is 4. The van der Waals surface area contributed by atoms with Crippen LogP contribution in [-0.2, 0) is 49.7 Å². The van der Waals surface area contributed by atoms with E-state index in [1.807, 2.05) is 4.98 Å². The summed E-state index contributed by atoms with van der Waals surface area (Å²) in [5.41, 5.74) is 2.58. The first-order valence-corrected chi connectivity index (χ1v) is 18.6. The van der Waals surface area contributed by atoms with E-state index in [1.54, 1.807) is 0 Å². The number of phosphoric ester groups is 2. The van der Waals surface area contributed by atoms with Gasteiger partial charge < -0.3 is 59.1 Å². The summed E-state index contributed by atoms with van der Waals surface area (Å²) < 4.78 is 79.0. The van der Waals surface area contributed by atoms with E-state index in [1.165, 1.54) is 12.3 Å². The number of nitrogens with zero attached hydrogens (tertiary/aromatic N) is 3. The van der Waals surface area contributed by atoms with Crippen molar-refractivity contribution in [2.24, 2.45) is 0 Å². The molecule has 0 aliphatic carbocycles. The summed E-state index contributed by atoms with van der Waals surface area (Å²) in [6, 6.07) is 2.07. The zero-order valence-corrected chi connectivity index (χ0v) is 32.9. The molecule has 52 heavy (non-hydrogen) atoms. The summed E-state index contributed by atoms with van der Waals surface area (Å²) in [6.07, 6.45) is -9.78. The summed E-state index contributed by atoms with van der Waals surface area (Å²) in [7, 11) is -25.4. The first-order chi connectivity index (χ1) is 22.1. The van der Waals surface area contributed by atoms with E-state index in [9.17, 15) is 67.5 Å². The molecular weight excluding hydrogens is 790 g/mol. The van der Waals surface area contributed by atoms with Gasteiger partial charge >= 0.3 is 97.5 Å². The average molecular weight is 813 g/mol. The van der Waals surface area contributed by atoms with Gasteiger partial charge in [0.15, 0.2) is 6.23 Å². The predicted octanol–water partition coefficient (Wildman–Crippen LogP) is -17.4. The molecule has 270 valence electrons. The van der Waals surface area contributed by atoms with Gasteiger partial charge in [-0.2, -0.15) is 4.98 Å². The van der Waals surface area contributed by atoms with E-state index in [0.29, 0.717) is 4.57 Å². The third-order valence-corrected chi connectivity index (χ3v) is 12.0. The first kappa shape index (κ1) is 52.5. The van der Waals surface area contributed by atoms with Crippen molar-refractivity contribution in [3.8, 4) is 0 Å². The molecule has 0 bridgehead atoms. The van der Waals surface area contributed by atoms with Crippen LogP contribution < -0.4 is 128 Å². The van der Waals surface area contributed by atoms with Crippen LogP contribution in [0.4, 0.5) is 5.82 Å². The van der Waals surface area contributed by atoms with Crippen LogP contribution in [0.2, 0.25) is 0 Å². The monoisotopic (exact) mass is 813 g/mol. The second-order valence-electron chi connectivity index (χ2n) is 9.66. The van der Waals surface area contributed by atoms with Crippen LogP contribution in [-0.4, -0.2) is 78.2 Å². The molecule has 2 aliphatic heterocycles. The summed E-state index contributed by atoms with van der Waals surface area (Å²) in [5.74, 6) is -0.125. The van der Waals surface area contributed by atoms with Crippen molar-refractivity contribution < 1.29 is 171 Å². The average Bonchev–Trinajstić information content (AvgIpc) is 3.42. The van der Waals surface area contributed by atoms with Crippen LogP contribution in [0.15, 0.2) is 38.9 Å². The quantitative estimate of drug-likeness (QED) is 0.0873. The van der Waals surface area contributed by atoms with Crippen molar-refractivity contribution >= 4 is 37.1 Å². The fraction of sp³-hybridized carbons (Fsp3) is 0.556. The Morgan fingerprint density at radius 3 is 1.83 bits per heavy atom. The van der Waals surface area contributed by atoms with Crippen molar-refractivity contribution in [3.63, 3.8) is 0 Å². The van der Waals surface area contributed by atoms with Gasteiger partial charge in [0.2, 0.25) is 0 Å². The van der Waals surface area contributed by atoms with Crippen molar-refractivity contribution in [1.82, 2.24) is 19.1 Å². The molecular formula is C18H23Li3N5NaO21P4. The molecule has 34 heteroatoms. The number of aliphatic hydroxyl groups excluding tert-OH is 3. The van der Waals surface area contributed by atoms with E-state index in [2.05, 4.69) is 27.0 Å². The number of rotatable bonds is 14. The summed E-state index contributed by atoms with van der Waals surface area (Å²) >= 11 is 0. The Kier molecular flexibility index (Phi) is 21.0. The zero-order valence-electron chi connectivity index (χ0n) is 27.4. The molecule has 0 spiro atoms. The van der Waals surface area contributed by atoms with Crippen molar-refractivity contribution in [2.45, 2.75) is 49.4 Å². The van der Waals surface area contributed by atoms with Crippen molar-refractivity contribution in [3.05, 3.63) is 55.8 Å². The number of ether oxygens (including phenoxy) is 2. The fourth-order valence-corrected chi connectivity index (χ4v) is 8.93. The number of anilines is 1. The predicted molar refractivity (Wildman–Crippen MR) is 140 cm³/mol. The van der Waals surface area contributed by atoms with Gasteiger partial charge in [0.25, 0.3) is 36.9 Å². The minimum absolute atomic E-state index is 0. The van der Waals surface area contributed by atoms with Crippen LogP contribution in [0.1, 0.15) is 18.9 Å². The summed E-state index contributed by atoms with van der Waals surface area (Å²) in [5, 5.41) is 30.4. The molecule has 26 nitrogen and oxygen atoms in total. The van der Waals surface area contributed by atoms with Gasteiger partial charge in [-0.15, -0.1) is 0 Å². The Hall–Kier alpha value is 0.512. The minimum atomic E-state index is -6.59. The van der Waals surface area contributed by atoms with Gasteiger partial charge in [-0.25, -0.2) is 22.5 Å². The van der Waals surface area contributed by atoms with Crippen LogP contribution in [0, 0.1) is 0 Å². The van der Waals surface area contributed by atoms with E-state index in [4.69, 9.17) is 15.2 Å². The van der Waals surface area contributed by atoms with E-state index < -0.39 is 104 Å². The number of hydrogen-bond acceptors (Lipinski definition) is 23. The number of aromatic amines is 1. The third kappa shape index (κ3) is 14.5. The molecule has 0 amide bonds. The van der Waals surface area contributed by atoms with Crippen LogP contribution in [0.3, 0.4) is 0 Å². The smallest absolute Gasteiger partial charge is 0.756 e. The number of aromatic nitrogens is 4. The van der Waals surface area contributed by atoms with Gasteiger partial charge in [-0.05, 0) is 6.07 Å². The Balaban J connectivity index is 0.00000650. The molecule has 6 N–H and O–H groups in total. The molecule has 2 aliphatic rings. The molecule has 4 heterocycles. The maximum absolute atomic E-state index is 12.0. The van der Waals surface area contributed by atoms with Gasteiger partial charge in [0.1, 0.15) is 36.5 Å². The standard InChI is InChI=1S/C18H27N5O21P4.3Li.Na/c19-11-1-3-22(17(28)20-11)13-5-8(24)9(40-13)6-38-45(30,31)42-47(34,35)44-48(36,37)43-46(32,33)39-7-10-14(26)15(27)16(41-10)23-4-2-12(25)21-18(23)29;;;;/h1-4,8-10,13-16,24,26-27H,5-7H2,(H,30,31)(H,32,33)(H,34,35)(H,36,37)(H2,19,20,28)(H,21,25,29);;;;/q;4*+1/p-4/t8-,9-,10-,13-,14-,15-,16-;;;;/m1..../s1. The summed E-state index contributed by atoms with van der Waals surface area (Å²) in [6.45, 7) is -2.44. The molecule has 0 aromatic carbocycles. The second kappa shape index (κ2) is 20.8. The normalized spacial score (nSPS) is 28.6. The number of nitrogens with two attached hydrogens (primary N) is 1. The van der Waals surface area contributed by atoms with Gasteiger partial charge in [-0.3, -0.25) is 37.2 Å². The second-order valence-corrected chi connectivity index (χ2v) is 15.7. The molecule has 2 aromatic rings. The molecule has 4 unspecified atom stereocenters. The molecule has 4 rings (SSSR count). The first-order valence-electron chi connectivity index (χ1n) is 12.8. The van der Waals surface area contributed by atoms with Crippen LogP contribution in [0.5, 0.6) is 0 Å².